The number of aromatic nitrogens is 2. The molecule has 1 aromatic carbocycles. The molecule has 0 amide bonds. The molecule has 24 heavy (non-hydrogen) atoms. The summed E-state index contributed by atoms with van der Waals surface area (Å²) in [5, 5.41) is 13.5. The van der Waals surface area contributed by atoms with Crippen molar-refractivity contribution >= 4 is 5.82 Å². The first kappa shape index (κ1) is 18.0. The molecule has 2 aromatic rings. The second-order valence-corrected chi connectivity index (χ2v) is 7.22. The van der Waals surface area contributed by atoms with E-state index in [2.05, 4.69) is 49.9 Å². The summed E-state index contributed by atoms with van der Waals surface area (Å²) in [7, 11) is 1.54. The van der Waals surface area contributed by atoms with Gasteiger partial charge in [-0.05, 0) is 6.07 Å². The summed E-state index contributed by atoms with van der Waals surface area (Å²) < 4.78 is 5.15. The molecule has 5 heteroatoms. The molecular weight excluding hydrogens is 302 g/mol. The lowest BCUT2D eigenvalue weighted by Gasteiger charge is -2.20. The van der Waals surface area contributed by atoms with Crippen LogP contribution in [0.3, 0.4) is 0 Å². The van der Waals surface area contributed by atoms with Crippen LogP contribution in [0.5, 0.6) is 11.5 Å². The van der Waals surface area contributed by atoms with E-state index in [1.54, 1.807) is 13.2 Å². The number of phenolic OH excluding ortho intramolecular Hbond substituents is 1. The van der Waals surface area contributed by atoms with Crippen molar-refractivity contribution in [2.75, 3.05) is 12.4 Å². The lowest BCUT2D eigenvalue weighted by atomic mass is 9.91. The Morgan fingerprint density at radius 2 is 1.92 bits per heavy atom. The number of methoxy groups -OCH3 is 1. The number of hydrogen-bond acceptors (Lipinski definition) is 5. The third-order valence-electron chi connectivity index (χ3n) is 3.79. The molecule has 0 fully saturated rings. The molecule has 2 N–H and O–H groups in total. The van der Waals surface area contributed by atoms with E-state index in [9.17, 15) is 5.11 Å². The van der Waals surface area contributed by atoms with Crippen LogP contribution in [0.25, 0.3) is 0 Å². The van der Waals surface area contributed by atoms with Crippen molar-refractivity contribution in [3.63, 3.8) is 0 Å². The fourth-order valence-electron chi connectivity index (χ4n) is 2.26. The minimum absolute atomic E-state index is 0.0544. The maximum atomic E-state index is 10.2. The standard InChI is InChI=1S/C19H27N3O2/c1-12(2)18-21-15(19(3,4)5)10-16(22-18)20-11-13-8-7-9-14(24-6)17(13)23/h7-10,12,23H,11H2,1-6H3,(H,20,21,22). The van der Waals surface area contributed by atoms with Gasteiger partial charge in [0.2, 0.25) is 0 Å². The Hall–Kier alpha value is -2.30. The Bertz CT molecular complexity index is 706. The number of aromatic hydroxyl groups is 1. The summed E-state index contributed by atoms with van der Waals surface area (Å²) in [6, 6.07) is 7.43. The minimum Gasteiger partial charge on any atom is -0.504 e. The van der Waals surface area contributed by atoms with Crippen molar-refractivity contribution in [3.05, 3.63) is 41.3 Å². The number of anilines is 1. The largest absolute Gasteiger partial charge is 0.504 e. The van der Waals surface area contributed by atoms with Crippen molar-refractivity contribution in [2.24, 2.45) is 0 Å². The lowest BCUT2D eigenvalue weighted by molar-refractivity contribution is 0.371. The van der Waals surface area contributed by atoms with Crippen molar-refractivity contribution in [1.29, 1.82) is 0 Å². The molecule has 2 rings (SSSR count). The zero-order chi connectivity index (χ0) is 17.9. The van der Waals surface area contributed by atoms with Crippen LogP contribution in [0.2, 0.25) is 0 Å². The van der Waals surface area contributed by atoms with Gasteiger partial charge in [-0.3, -0.25) is 0 Å². The van der Waals surface area contributed by atoms with Gasteiger partial charge in [-0.2, -0.15) is 0 Å². The fraction of sp³-hybridized carbons (Fsp3) is 0.474. The van der Waals surface area contributed by atoms with Gasteiger partial charge in [-0.1, -0.05) is 46.8 Å². The zero-order valence-electron chi connectivity index (χ0n) is 15.3. The van der Waals surface area contributed by atoms with Gasteiger partial charge < -0.3 is 15.2 Å². The maximum absolute atomic E-state index is 10.2. The Morgan fingerprint density at radius 3 is 2.50 bits per heavy atom. The SMILES string of the molecule is COc1cccc(CNc2cc(C(C)(C)C)nc(C(C)C)n2)c1O. The minimum atomic E-state index is -0.0544. The molecule has 5 nitrogen and oxygen atoms in total. The van der Waals surface area contributed by atoms with E-state index in [1.165, 1.54) is 0 Å². The van der Waals surface area contributed by atoms with Gasteiger partial charge in [0.05, 0.1) is 12.8 Å². The van der Waals surface area contributed by atoms with Gasteiger partial charge in [-0.15, -0.1) is 0 Å². The summed E-state index contributed by atoms with van der Waals surface area (Å²) in [4.78, 5) is 9.28. The highest BCUT2D eigenvalue weighted by atomic mass is 16.5. The summed E-state index contributed by atoms with van der Waals surface area (Å²) in [5.41, 5.74) is 1.70. The van der Waals surface area contributed by atoms with Crippen LogP contribution in [-0.4, -0.2) is 22.2 Å². The number of para-hydroxylation sites is 1. The molecule has 0 bridgehead atoms. The number of ether oxygens (including phenoxy) is 1. The first-order chi connectivity index (χ1) is 11.2. The number of nitrogens with zero attached hydrogens (tertiary/aromatic N) is 2. The van der Waals surface area contributed by atoms with Crippen molar-refractivity contribution in [3.8, 4) is 11.5 Å². The molecule has 0 aliphatic heterocycles. The van der Waals surface area contributed by atoms with E-state index in [1.807, 2.05) is 18.2 Å². The van der Waals surface area contributed by atoms with Crippen LogP contribution in [0.15, 0.2) is 24.3 Å². The van der Waals surface area contributed by atoms with Crippen molar-refractivity contribution in [1.82, 2.24) is 9.97 Å². The van der Waals surface area contributed by atoms with Gasteiger partial charge in [0.25, 0.3) is 0 Å². The highest BCUT2D eigenvalue weighted by Crippen LogP contribution is 2.30. The van der Waals surface area contributed by atoms with Crippen molar-refractivity contribution in [2.45, 2.75) is 52.5 Å². The molecule has 0 atom stereocenters. The van der Waals surface area contributed by atoms with E-state index in [4.69, 9.17) is 4.74 Å². The van der Waals surface area contributed by atoms with Crippen LogP contribution < -0.4 is 10.1 Å². The normalized spacial score (nSPS) is 11.6. The molecule has 0 unspecified atom stereocenters. The highest BCUT2D eigenvalue weighted by molar-refractivity contribution is 5.47. The number of hydrogen-bond donors (Lipinski definition) is 2. The quantitative estimate of drug-likeness (QED) is 0.859. The van der Waals surface area contributed by atoms with Crippen LogP contribution in [0, 0.1) is 0 Å². The van der Waals surface area contributed by atoms with E-state index < -0.39 is 0 Å². The monoisotopic (exact) mass is 329 g/mol. The Morgan fingerprint density at radius 1 is 1.21 bits per heavy atom. The van der Waals surface area contributed by atoms with Gasteiger partial charge in [0.1, 0.15) is 11.6 Å². The summed E-state index contributed by atoms with van der Waals surface area (Å²) in [5.74, 6) is 2.45. The average Bonchev–Trinajstić information content (AvgIpc) is 2.52. The van der Waals surface area contributed by atoms with Crippen molar-refractivity contribution < 1.29 is 9.84 Å². The predicted molar refractivity (Wildman–Crippen MR) is 96.8 cm³/mol. The van der Waals surface area contributed by atoms with Gasteiger partial charge >= 0.3 is 0 Å². The Balaban J connectivity index is 2.28. The van der Waals surface area contributed by atoms with Crippen LogP contribution >= 0.6 is 0 Å². The Labute approximate surface area is 144 Å². The van der Waals surface area contributed by atoms with Gasteiger partial charge in [0, 0.05) is 29.5 Å². The van der Waals surface area contributed by atoms with Gasteiger partial charge in [-0.25, -0.2) is 9.97 Å². The molecule has 0 radical (unpaired) electrons. The topological polar surface area (TPSA) is 67.3 Å². The molecule has 130 valence electrons. The third kappa shape index (κ3) is 4.16. The summed E-state index contributed by atoms with van der Waals surface area (Å²) in [6.45, 7) is 11.0. The summed E-state index contributed by atoms with van der Waals surface area (Å²) in [6.07, 6.45) is 0. The molecule has 1 heterocycles. The molecule has 0 spiro atoms. The van der Waals surface area contributed by atoms with Crippen LogP contribution in [0.1, 0.15) is 57.6 Å². The third-order valence-corrected chi connectivity index (χ3v) is 3.79. The van der Waals surface area contributed by atoms with Crippen LogP contribution in [-0.2, 0) is 12.0 Å². The molecule has 0 saturated carbocycles. The number of rotatable bonds is 5. The van der Waals surface area contributed by atoms with Gasteiger partial charge in [0.15, 0.2) is 11.5 Å². The Kier molecular flexibility index (Phi) is 5.32. The number of phenols is 1. The highest BCUT2D eigenvalue weighted by Gasteiger charge is 2.19. The molecule has 1 aromatic heterocycles. The van der Waals surface area contributed by atoms with Crippen LogP contribution in [0.4, 0.5) is 5.82 Å². The van der Waals surface area contributed by atoms with E-state index in [0.717, 1.165) is 22.9 Å². The van der Waals surface area contributed by atoms with E-state index in [-0.39, 0.29) is 17.1 Å². The van der Waals surface area contributed by atoms with E-state index in [0.29, 0.717) is 12.3 Å². The maximum Gasteiger partial charge on any atom is 0.162 e. The first-order valence-electron chi connectivity index (χ1n) is 8.20. The molecule has 0 aliphatic rings. The number of nitrogens with one attached hydrogen (secondary N) is 1. The number of benzene rings is 1. The fourth-order valence-corrected chi connectivity index (χ4v) is 2.26. The summed E-state index contributed by atoms with van der Waals surface area (Å²) >= 11 is 0. The zero-order valence-corrected chi connectivity index (χ0v) is 15.3. The second kappa shape index (κ2) is 7.07. The molecular formula is C19H27N3O2. The lowest BCUT2D eigenvalue weighted by Crippen LogP contribution is -2.17. The predicted octanol–water partition coefficient (Wildman–Crippen LogP) is 4.22. The smallest absolute Gasteiger partial charge is 0.162 e. The molecule has 0 saturated heterocycles. The van der Waals surface area contributed by atoms with E-state index >= 15 is 0 Å². The first-order valence-corrected chi connectivity index (χ1v) is 8.20. The average molecular weight is 329 g/mol. The second-order valence-electron chi connectivity index (χ2n) is 7.22. The molecule has 0 aliphatic carbocycles.